The number of hydrogen-bond acceptors (Lipinski definition) is 1. The second-order valence-corrected chi connectivity index (χ2v) is 19.9. The molecule has 12 rings (SSSR count). The van der Waals surface area contributed by atoms with E-state index in [0.29, 0.717) is 17.8 Å². The highest BCUT2D eigenvalue weighted by Gasteiger charge is 2.42. The van der Waals surface area contributed by atoms with E-state index < -0.39 is 0 Å². The van der Waals surface area contributed by atoms with Crippen molar-refractivity contribution in [1.82, 2.24) is 0 Å². The van der Waals surface area contributed by atoms with E-state index in [-0.39, 0.29) is 5.41 Å². The maximum Gasteiger partial charge on any atom is 0.0581 e. The molecule has 0 bridgehead atoms. The maximum absolute atomic E-state index is 2.60. The number of rotatable bonds is 11. The van der Waals surface area contributed by atoms with Crippen LogP contribution in [0.2, 0.25) is 0 Å². The molecule has 65 heavy (non-hydrogen) atoms. The minimum atomic E-state index is -0.297. The molecule has 9 aromatic carbocycles. The molecule has 2 aliphatic rings. The third kappa shape index (κ3) is 6.96. The van der Waals surface area contributed by atoms with E-state index in [0.717, 1.165) is 25.7 Å². The Balaban J connectivity index is 0.907. The topological polar surface area (TPSA) is 0 Å². The molecule has 0 radical (unpaired) electrons. The third-order valence-corrected chi connectivity index (χ3v) is 16.2. The van der Waals surface area contributed by atoms with Gasteiger partial charge in [-0.3, -0.25) is 0 Å². The molecule has 0 N–H and O–H groups in total. The molecule has 3 unspecified atom stereocenters. The second kappa shape index (κ2) is 16.3. The molecule has 10 aromatic rings. The summed E-state index contributed by atoms with van der Waals surface area (Å²) in [5.41, 5.74) is 15.2. The Morgan fingerprint density at radius 2 is 1.20 bits per heavy atom. The van der Waals surface area contributed by atoms with Crippen LogP contribution in [-0.2, 0) is 24.7 Å². The van der Waals surface area contributed by atoms with Gasteiger partial charge in [-0.2, -0.15) is 0 Å². The van der Waals surface area contributed by atoms with Gasteiger partial charge in [0.2, 0.25) is 0 Å². The molecule has 3 atom stereocenters. The molecule has 0 fully saturated rings. The fourth-order valence-corrected chi connectivity index (χ4v) is 12.9. The molecular weight excluding hydrogens is 801 g/mol. The Morgan fingerprint density at radius 3 is 2.05 bits per heavy atom. The lowest BCUT2D eigenvalue weighted by Crippen LogP contribution is -2.19. The summed E-state index contributed by atoms with van der Waals surface area (Å²) in [6.07, 6.45) is 13.6. The zero-order valence-electron chi connectivity index (χ0n) is 37.2. The predicted octanol–water partition coefficient (Wildman–Crippen LogP) is 17.2. The summed E-state index contributed by atoms with van der Waals surface area (Å²) in [5.74, 6) is 1.02. The fourth-order valence-electron chi connectivity index (χ4n) is 11.7. The normalized spacial score (nSPS) is 15.0. The summed E-state index contributed by atoms with van der Waals surface area (Å²) in [5, 5.41) is 8.09. The minimum absolute atomic E-state index is 0.297. The second-order valence-electron chi connectivity index (χ2n) is 18.8. The van der Waals surface area contributed by atoms with Gasteiger partial charge < -0.3 is 0 Å². The average Bonchev–Trinajstić information content (AvgIpc) is 4.07. The molecule has 0 aliphatic heterocycles. The van der Waals surface area contributed by atoms with Gasteiger partial charge in [0, 0.05) is 20.2 Å². The fraction of sp³-hybridized carbons (Fsp3) is 0.156. The van der Waals surface area contributed by atoms with Gasteiger partial charge in [0.25, 0.3) is 0 Å². The van der Waals surface area contributed by atoms with Crippen LogP contribution >= 0.6 is 11.3 Å². The number of hydrogen-bond donors (Lipinski definition) is 0. The van der Waals surface area contributed by atoms with Gasteiger partial charge in [0.1, 0.15) is 0 Å². The van der Waals surface area contributed by atoms with Crippen molar-refractivity contribution in [3.8, 4) is 11.1 Å². The van der Waals surface area contributed by atoms with Crippen molar-refractivity contribution in [3.63, 3.8) is 0 Å². The van der Waals surface area contributed by atoms with Gasteiger partial charge in [-0.15, -0.1) is 11.3 Å². The quantitative estimate of drug-likeness (QED) is 0.122. The first kappa shape index (κ1) is 39.8. The van der Waals surface area contributed by atoms with Crippen molar-refractivity contribution in [2.75, 3.05) is 0 Å². The molecule has 0 saturated carbocycles. The lowest BCUT2D eigenvalue weighted by atomic mass is 9.75. The van der Waals surface area contributed by atoms with Crippen LogP contribution in [0.1, 0.15) is 81.2 Å². The van der Waals surface area contributed by atoms with Crippen LogP contribution in [0.5, 0.6) is 0 Å². The Hall–Kier alpha value is -6.80. The van der Waals surface area contributed by atoms with E-state index in [4.69, 9.17) is 0 Å². The summed E-state index contributed by atoms with van der Waals surface area (Å²) in [4.78, 5) is 0. The standard InChI is InChI=1S/C64H52S/c1-42-16-6-9-21-52(42)50(37-45-27-32-55-54-23-12-13-25-61(54)65-62(55)39-45)29-30-51-41-60-63(56-24-11-10-22-53(51)56)57-33-31-48(40-59(57)64(60)34-14-15-35-64)43(2)58(47-18-4-3-5-19-47)38-44-26-28-46-17-7-8-20-49(46)36-44/h3-28,31-36,39-41,43,50,58H,29-30,37-38H2,1-2H3. The first-order chi connectivity index (χ1) is 32.0. The van der Waals surface area contributed by atoms with Gasteiger partial charge in [0.05, 0.1) is 5.41 Å². The molecule has 0 nitrogen and oxygen atoms in total. The molecule has 2 aliphatic carbocycles. The van der Waals surface area contributed by atoms with Gasteiger partial charge in [-0.25, -0.2) is 0 Å². The molecule has 0 saturated heterocycles. The summed E-state index contributed by atoms with van der Waals surface area (Å²) in [6, 6.07) is 71.4. The van der Waals surface area contributed by atoms with Crippen molar-refractivity contribution in [2.45, 2.75) is 62.7 Å². The summed E-state index contributed by atoms with van der Waals surface area (Å²) >= 11 is 1.92. The predicted molar refractivity (Wildman–Crippen MR) is 279 cm³/mol. The molecule has 1 heterocycles. The number of allylic oxidation sites excluding steroid dienone is 4. The number of aryl methyl sites for hydroxylation is 2. The largest absolute Gasteiger partial charge is 0.135 e. The van der Waals surface area contributed by atoms with Crippen molar-refractivity contribution in [1.29, 1.82) is 0 Å². The zero-order chi connectivity index (χ0) is 43.5. The Bertz CT molecular complexity index is 3480. The SMILES string of the molecule is Cc1ccccc1C(CCc1cc2c(c3ccccc13)-c1ccc(C(C)C(Cc3ccc4ccccc4c3)c3ccccc3)cc1C21C=CC=C1)Cc1ccc2c(c1)sc1ccccc12. The van der Waals surface area contributed by atoms with E-state index in [1.165, 1.54) is 103 Å². The van der Waals surface area contributed by atoms with Crippen LogP contribution in [0, 0.1) is 6.92 Å². The summed E-state index contributed by atoms with van der Waals surface area (Å²) < 4.78 is 2.75. The van der Waals surface area contributed by atoms with Gasteiger partial charge in [-0.1, -0.05) is 207 Å². The van der Waals surface area contributed by atoms with E-state index in [9.17, 15) is 0 Å². The van der Waals surface area contributed by atoms with Crippen molar-refractivity contribution in [2.24, 2.45) is 0 Å². The third-order valence-electron chi connectivity index (χ3n) is 15.1. The Kier molecular flexibility index (Phi) is 9.99. The molecule has 1 heteroatoms. The summed E-state index contributed by atoms with van der Waals surface area (Å²) in [6.45, 7) is 4.75. The van der Waals surface area contributed by atoms with Crippen molar-refractivity contribution >= 4 is 53.1 Å². The van der Waals surface area contributed by atoms with E-state index in [2.05, 4.69) is 226 Å². The number of benzene rings is 9. The van der Waals surface area contributed by atoms with Gasteiger partial charge in [0.15, 0.2) is 0 Å². The Labute approximate surface area is 387 Å². The summed E-state index contributed by atoms with van der Waals surface area (Å²) in [7, 11) is 0. The van der Waals surface area contributed by atoms with Crippen LogP contribution in [0.15, 0.2) is 212 Å². The highest BCUT2D eigenvalue weighted by Crippen LogP contribution is 2.56. The van der Waals surface area contributed by atoms with Gasteiger partial charge in [-0.05, 0) is 145 Å². The number of thiophene rings is 1. The van der Waals surface area contributed by atoms with E-state index >= 15 is 0 Å². The molecule has 314 valence electrons. The van der Waals surface area contributed by atoms with Crippen LogP contribution in [0.3, 0.4) is 0 Å². The van der Waals surface area contributed by atoms with Crippen LogP contribution in [0.25, 0.3) is 52.8 Å². The first-order valence-electron chi connectivity index (χ1n) is 23.6. The van der Waals surface area contributed by atoms with Crippen LogP contribution < -0.4 is 0 Å². The Morgan fingerprint density at radius 1 is 0.508 bits per heavy atom. The van der Waals surface area contributed by atoms with Crippen molar-refractivity contribution < 1.29 is 0 Å². The van der Waals surface area contributed by atoms with Crippen LogP contribution in [-0.4, -0.2) is 0 Å². The minimum Gasteiger partial charge on any atom is -0.135 e. The highest BCUT2D eigenvalue weighted by molar-refractivity contribution is 7.25. The van der Waals surface area contributed by atoms with Crippen LogP contribution in [0.4, 0.5) is 0 Å². The lowest BCUT2D eigenvalue weighted by Gasteiger charge is -2.28. The molecule has 1 aromatic heterocycles. The molecule has 1 spiro atoms. The molecule has 0 amide bonds. The highest BCUT2D eigenvalue weighted by atomic mass is 32.1. The van der Waals surface area contributed by atoms with Gasteiger partial charge >= 0.3 is 0 Å². The lowest BCUT2D eigenvalue weighted by molar-refractivity contribution is 0.572. The number of fused-ring (bicyclic) bond motifs is 11. The maximum atomic E-state index is 2.60. The van der Waals surface area contributed by atoms with E-state index in [1.807, 2.05) is 11.3 Å². The average molecular weight is 853 g/mol. The monoisotopic (exact) mass is 852 g/mol. The van der Waals surface area contributed by atoms with Crippen molar-refractivity contribution in [3.05, 3.63) is 262 Å². The molecular formula is C64H52S. The van der Waals surface area contributed by atoms with E-state index in [1.54, 1.807) is 0 Å². The smallest absolute Gasteiger partial charge is 0.0581 e. The zero-order valence-corrected chi connectivity index (χ0v) is 38.0. The first-order valence-corrected chi connectivity index (χ1v) is 24.4.